The number of nitrogens with one attached hydrogen (secondary N) is 1. The van der Waals surface area contributed by atoms with Gasteiger partial charge in [-0.25, -0.2) is 9.07 Å². The Kier molecular flexibility index (Phi) is 5.74. The number of hydrogen-bond donors (Lipinski definition) is 1. The summed E-state index contributed by atoms with van der Waals surface area (Å²) in [5.41, 5.74) is 4.58. The fraction of sp³-hybridized carbons (Fsp3) is 0.0741. The van der Waals surface area contributed by atoms with E-state index >= 15 is 0 Å². The van der Waals surface area contributed by atoms with E-state index in [1.807, 2.05) is 67.6 Å². The smallest absolute Gasteiger partial charge is 0.262 e. The molecule has 0 fully saturated rings. The molecule has 168 valence electrons. The van der Waals surface area contributed by atoms with E-state index in [2.05, 4.69) is 10.3 Å². The van der Waals surface area contributed by atoms with Gasteiger partial charge < -0.3 is 10.1 Å². The van der Waals surface area contributed by atoms with Gasteiger partial charge in [0, 0.05) is 17.3 Å². The van der Waals surface area contributed by atoms with Crippen LogP contribution in [0.4, 0.5) is 10.1 Å². The monoisotopic (exact) mass is 452 g/mol. The SMILES string of the molecule is Cc1cc(OCC(=O)Nc2cccc(F)c2)nc2c1c(-c1ccccc1)nn2-c1ccccc1. The molecule has 0 aliphatic carbocycles. The third kappa shape index (κ3) is 4.36. The summed E-state index contributed by atoms with van der Waals surface area (Å²) in [5.74, 6) is -0.535. The molecule has 6 nitrogen and oxygen atoms in total. The summed E-state index contributed by atoms with van der Waals surface area (Å²) in [6.07, 6.45) is 0. The fourth-order valence-electron chi connectivity index (χ4n) is 3.79. The quantitative estimate of drug-likeness (QED) is 0.367. The van der Waals surface area contributed by atoms with Crippen molar-refractivity contribution in [2.45, 2.75) is 6.92 Å². The van der Waals surface area contributed by atoms with Crippen LogP contribution in [-0.2, 0) is 4.79 Å². The van der Waals surface area contributed by atoms with Gasteiger partial charge in [-0.2, -0.15) is 10.1 Å². The number of carbonyl (C=O) groups excluding carboxylic acids is 1. The molecule has 2 heterocycles. The zero-order chi connectivity index (χ0) is 23.5. The van der Waals surface area contributed by atoms with Crippen molar-refractivity contribution in [3.05, 3.63) is 102 Å². The summed E-state index contributed by atoms with van der Waals surface area (Å²) in [5, 5.41) is 8.40. The molecule has 0 saturated heterocycles. The van der Waals surface area contributed by atoms with Crippen LogP contribution in [0.15, 0.2) is 91.0 Å². The molecule has 3 aromatic carbocycles. The second kappa shape index (κ2) is 9.15. The van der Waals surface area contributed by atoms with Crippen molar-refractivity contribution >= 4 is 22.6 Å². The molecule has 5 rings (SSSR count). The van der Waals surface area contributed by atoms with E-state index in [1.165, 1.54) is 18.2 Å². The van der Waals surface area contributed by atoms with Crippen molar-refractivity contribution < 1.29 is 13.9 Å². The number of anilines is 1. The van der Waals surface area contributed by atoms with Crippen molar-refractivity contribution in [3.63, 3.8) is 0 Å². The van der Waals surface area contributed by atoms with E-state index in [4.69, 9.17) is 9.84 Å². The third-order valence-corrected chi connectivity index (χ3v) is 5.32. The molecule has 0 bridgehead atoms. The summed E-state index contributed by atoms with van der Waals surface area (Å²) in [6.45, 7) is 1.70. The Hall–Kier alpha value is -4.52. The lowest BCUT2D eigenvalue weighted by Crippen LogP contribution is -2.20. The van der Waals surface area contributed by atoms with Gasteiger partial charge in [-0.1, -0.05) is 54.6 Å². The average molecular weight is 452 g/mol. The molecule has 0 saturated carbocycles. The molecule has 5 aromatic rings. The molecular weight excluding hydrogens is 431 g/mol. The number of fused-ring (bicyclic) bond motifs is 1. The van der Waals surface area contributed by atoms with E-state index in [0.29, 0.717) is 17.2 Å². The summed E-state index contributed by atoms with van der Waals surface area (Å²) in [6, 6.07) is 27.2. The molecule has 0 aliphatic heterocycles. The lowest BCUT2D eigenvalue weighted by molar-refractivity contribution is -0.118. The fourth-order valence-corrected chi connectivity index (χ4v) is 3.79. The van der Waals surface area contributed by atoms with E-state index in [1.54, 1.807) is 16.8 Å². The van der Waals surface area contributed by atoms with E-state index in [9.17, 15) is 9.18 Å². The van der Waals surface area contributed by atoms with Crippen LogP contribution in [0.5, 0.6) is 5.88 Å². The number of halogens is 1. The molecule has 0 radical (unpaired) electrons. The molecular formula is C27H21FN4O2. The minimum atomic E-state index is -0.426. The number of aryl methyl sites for hydroxylation is 1. The molecule has 0 spiro atoms. The Balaban J connectivity index is 1.49. The summed E-state index contributed by atoms with van der Waals surface area (Å²) in [4.78, 5) is 17.0. The molecule has 1 amide bonds. The molecule has 0 unspecified atom stereocenters. The van der Waals surface area contributed by atoms with Crippen LogP contribution in [0.2, 0.25) is 0 Å². The average Bonchev–Trinajstić information content (AvgIpc) is 3.24. The maximum absolute atomic E-state index is 13.4. The number of pyridine rings is 1. The molecule has 0 aliphatic rings. The maximum Gasteiger partial charge on any atom is 0.262 e. The Morgan fingerprint density at radius 2 is 1.71 bits per heavy atom. The lowest BCUT2D eigenvalue weighted by Gasteiger charge is -2.09. The van der Waals surface area contributed by atoms with Crippen LogP contribution in [0.1, 0.15) is 5.56 Å². The molecule has 2 aromatic heterocycles. The Bertz CT molecular complexity index is 1470. The Morgan fingerprint density at radius 1 is 0.971 bits per heavy atom. The number of aromatic nitrogens is 3. The lowest BCUT2D eigenvalue weighted by atomic mass is 10.1. The first-order valence-corrected chi connectivity index (χ1v) is 10.8. The second-order valence-electron chi connectivity index (χ2n) is 7.79. The number of hydrogen-bond acceptors (Lipinski definition) is 4. The molecule has 1 N–H and O–H groups in total. The largest absolute Gasteiger partial charge is 0.467 e. The van der Waals surface area contributed by atoms with E-state index in [0.717, 1.165) is 27.9 Å². The summed E-state index contributed by atoms with van der Waals surface area (Å²) in [7, 11) is 0. The van der Waals surface area contributed by atoms with Gasteiger partial charge in [0.2, 0.25) is 5.88 Å². The Labute approximate surface area is 195 Å². The van der Waals surface area contributed by atoms with Crippen molar-refractivity contribution in [3.8, 4) is 22.8 Å². The molecule has 7 heteroatoms. The minimum Gasteiger partial charge on any atom is -0.467 e. The van der Waals surface area contributed by atoms with Gasteiger partial charge in [0.15, 0.2) is 12.3 Å². The highest BCUT2D eigenvalue weighted by atomic mass is 19.1. The molecule has 34 heavy (non-hydrogen) atoms. The highest BCUT2D eigenvalue weighted by Gasteiger charge is 2.19. The van der Waals surface area contributed by atoms with Gasteiger partial charge in [0.1, 0.15) is 11.5 Å². The zero-order valence-corrected chi connectivity index (χ0v) is 18.4. The van der Waals surface area contributed by atoms with Crippen LogP contribution in [0, 0.1) is 12.7 Å². The van der Waals surface area contributed by atoms with Crippen LogP contribution in [0.25, 0.3) is 28.0 Å². The van der Waals surface area contributed by atoms with Crippen LogP contribution in [-0.4, -0.2) is 27.3 Å². The van der Waals surface area contributed by atoms with Gasteiger partial charge in [-0.3, -0.25) is 4.79 Å². The topological polar surface area (TPSA) is 69.0 Å². The van der Waals surface area contributed by atoms with Crippen molar-refractivity contribution in [1.29, 1.82) is 0 Å². The highest BCUT2D eigenvalue weighted by Crippen LogP contribution is 2.33. The van der Waals surface area contributed by atoms with Gasteiger partial charge in [-0.15, -0.1) is 0 Å². The van der Waals surface area contributed by atoms with Crippen LogP contribution >= 0.6 is 0 Å². The predicted molar refractivity (Wildman–Crippen MR) is 130 cm³/mol. The van der Waals surface area contributed by atoms with Gasteiger partial charge in [0.25, 0.3) is 5.91 Å². The number of carbonyl (C=O) groups is 1. The number of rotatable bonds is 6. The van der Waals surface area contributed by atoms with Crippen LogP contribution in [0.3, 0.4) is 0 Å². The number of ether oxygens (including phenoxy) is 1. The zero-order valence-electron chi connectivity index (χ0n) is 18.4. The number of amides is 1. The second-order valence-corrected chi connectivity index (χ2v) is 7.79. The minimum absolute atomic E-state index is 0.264. The summed E-state index contributed by atoms with van der Waals surface area (Å²) >= 11 is 0. The normalized spacial score (nSPS) is 10.9. The number of para-hydroxylation sites is 1. The third-order valence-electron chi connectivity index (χ3n) is 5.32. The van der Waals surface area contributed by atoms with Crippen molar-refractivity contribution in [2.24, 2.45) is 0 Å². The summed E-state index contributed by atoms with van der Waals surface area (Å²) < 4.78 is 20.9. The highest BCUT2D eigenvalue weighted by molar-refractivity contribution is 5.95. The van der Waals surface area contributed by atoms with E-state index < -0.39 is 11.7 Å². The van der Waals surface area contributed by atoms with Crippen molar-refractivity contribution in [2.75, 3.05) is 11.9 Å². The standard InChI is InChI=1S/C27H21FN4O2/c1-18-15-24(34-17-23(33)29-21-12-8-11-20(28)16-21)30-27-25(18)26(19-9-4-2-5-10-19)31-32(27)22-13-6-3-7-14-22/h2-16H,17H2,1H3,(H,29,33). The molecule has 0 atom stereocenters. The van der Waals surface area contributed by atoms with Gasteiger partial charge in [0.05, 0.1) is 11.1 Å². The van der Waals surface area contributed by atoms with Crippen LogP contribution < -0.4 is 10.1 Å². The number of benzene rings is 3. The predicted octanol–water partition coefficient (Wildman–Crippen LogP) is 5.55. The van der Waals surface area contributed by atoms with Crippen molar-refractivity contribution in [1.82, 2.24) is 14.8 Å². The first-order chi connectivity index (χ1) is 16.6. The first kappa shape index (κ1) is 21.3. The van der Waals surface area contributed by atoms with Gasteiger partial charge >= 0.3 is 0 Å². The first-order valence-electron chi connectivity index (χ1n) is 10.8. The van der Waals surface area contributed by atoms with E-state index in [-0.39, 0.29) is 6.61 Å². The number of nitrogens with zero attached hydrogens (tertiary/aromatic N) is 3. The van der Waals surface area contributed by atoms with Gasteiger partial charge in [-0.05, 0) is 42.8 Å². The Morgan fingerprint density at radius 3 is 2.44 bits per heavy atom. The maximum atomic E-state index is 13.4.